The van der Waals surface area contributed by atoms with E-state index >= 15 is 0 Å². The molecule has 4 rings (SSSR count). The average Bonchev–Trinajstić information content (AvgIpc) is 3.14. The Kier molecular flexibility index (Phi) is 5.56. The number of hydrogen-bond donors (Lipinski definition) is 0. The van der Waals surface area contributed by atoms with Crippen LogP contribution >= 0.6 is 23.2 Å². The van der Waals surface area contributed by atoms with Gasteiger partial charge >= 0.3 is 0 Å². The molecule has 0 aliphatic carbocycles. The topological polar surface area (TPSA) is 38.1 Å². The SMILES string of the molecule is C[Si]1(C)CCN(C(=O)c2cc(-c3ccc(Cl)cc3)n(-c3ccc(Cl)cc3)n2)CC1. The molecule has 150 valence electrons. The van der Waals surface area contributed by atoms with Crippen LogP contribution in [0.15, 0.2) is 54.6 Å². The van der Waals surface area contributed by atoms with Crippen LogP contribution in [0, 0.1) is 0 Å². The minimum atomic E-state index is -1.15. The number of amides is 1. The predicted molar refractivity (Wildman–Crippen MR) is 122 cm³/mol. The van der Waals surface area contributed by atoms with Crippen LogP contribution in [0.5, 0.6) is 0 Å². The quantitative estimate of drug-likeness (QED) is 0.464. The fourth-order valence-corrected chi connectivity index (χ4v) is 5.82. The van der Waals surface area contributed by atoms with Crippen molar-refractivity contribution < 1.29 is 4.79 Å². The normalized spacial score (nSPS) is 16.1. The first-order valence-corrected chi connectivity index (χ1v) is 13.9. The van der Waals surface area contributed by atoms with E-state index in [1.165, 1.54) is 0 Å². The van der Waals surface area contributed by atoms with Gasteiger partial charge in [0.2, 0.25) is 0 Å². The monoisotopic (exact) mass is 443 g/mol. The van der Waals surface area contributed by atoms with E-state index in [0.717, 1.165) is 42.1 Å². The highest BCUT2D eigenvalue weighted by Crippen LogP contribution is 2.28. The molecule has 0 atom stereocenters. The molecule has 0 saturated carbocycles. The van der Waals surface area contributed by atoms with Crippen LogP contribution in [-0.2, 0) is 0 Å². The summed E-state index contributed by atoms with van der Waals surface area (Å²) in [6.07, 6.45) is 0. The summed E-state index contributed by atoms with van der Waals surface area (Å²) in [7, 11) is -1.15. The Hall–Kier alpha value is -2.08. The maximum atomic E-state index is 13.2. The number of hydrogen-bond acceptors (Lipinski definition) is 2. The third-order valence-electron chi connectivity index (χ3n) is 5.54. The number of nitrogens with zero attached hydrogens (tertiary/aromatic N) is 3. The molecule has 4 nitrogen and oxygen atoms in total. The van der Waals surface area contributed by atoms with Crippen molar-refractivity contribution in [3.05, 3.63) is 70.3 Å². The van der Waals surface area contributed by atoms with Crippen LogP contribution in [0.3, 0.4) is 0 Å². The average molecular weight is 444 g/mol. The Morgan fingerprint density at radius 2 is 1.48 bits per heavy atom. The molecule has 2 heterocycles. The number of rotatable bonds is 3. The molecule has 0 unspecified atom stereocenters. The highest BCUT2D eigenvalue weighted by atomic mass is 35.5. The van der Waals surface area contributed by atoms with E-state index in [4.69, 9.17) is 23.2 Å². The van der Waals surface area contributed by atoms with Crippen molar-refractivity contribution in [2.45, 2.75) is 25.2 Å². The molecule has 0 spiro atoms. The third kappa shape index (κ3) is 4.42. The highest BCUT2D eigenvalue weighted by molar-refractivity contribution is 6.77. The lowest BCUT2D eigenvalue weighted by Crippen LogP contribution is -2.45. The first kappa shape index (κ1) is 20.2. The van der Waals surface area contributed by atoms with Crippen molar-refractivity contribution in [1.29, 1.82) is 0 Å². The van der Waals surface area contributed by atoms with Crippen LogP contribution in [0.2, 0.25) is 35.2 Å². The minimum absolute atomic E-state index is 0.00238. The summed E-state index contributed by atoms with van der Waals surface area (Å²) in [6, 6.07) is 19.2. The molecule has 3 aromatic rings. The van der Waals surface area contributed by atoms with E-state index < -0.39 is 8.07 Å². The van der Waals surface area contributed by atoms with E-state index in [-0.39, 0.29) is 5.91 Å². The lowest BCUT2D eigenvalue weighted by molar-refractivity contribution is 0.0759. The van der Waals surface area contributed by atoms with Gasteiger partial charge in [-0.1, -0.05) is 48.4 Å². The first-order chi connectivity index (χ1) is 13.8. The molecule has 1 saturated heterocycles. The second-order valence-corrected chi connectivity index (χ2v) is 14.5. The van der Waals surface area contributed by atoms with E-state index in [9.17, 15) is 4.79 Å². The van der Waals surface area contributed by atoms with Gasteiger partial charge in [0.1, 0.15) is 0 Å². The predicted octanol–water partition coefficient (Wildman–Crippen LogP) is 6.01. The largest absolute Gasteiger partial charge is 0.338 e. The van der Waals surface area contributed by atoms with Crippen LogP contribution in [0.1, 0.15) is 10.5 Å². The molecule has 29 heavy (non-hydrogen) atoms. The summed E-state index contributed by atoms with van der Waals surface area (Å²) >= 11 is 12.1. The number of carbonyl (C=O) groups excluding carboxylic acids is 1. The van der Waals surface area contributed by atoms with Crippen molar-refractivity contribution in [1.82, 2.24) is 14.7 Å². The molecular weight excluding hydrogens is 421 g/mol. The fraction of sp³-hybridized carbons (Fsp3) is 0.273. The molecular formula is C22H23Cl2N3OSi. The van der Waals surface area contributed by atoms with Gasteiger partial charge < -0.3 is 4.90 Å². The maximum absolute atomic E-state index is 13.2. The Bertz CT molecular complexity index is 956. The smallest absolute Gasteiger partial charge is 0.274 e. The zero-order valence-electron chi connectivity index (χ0n) is 16.5. The molecule has 7 heteroatoms. The van der Waals surface area contributed by atoms with Gasteiger partial charge in [-0.2, -0.15) is 5.10 Å². The molecule has 0 N–H and O–H groups in total. The Morgan fingerprint density at radius 3 is 2.07 bits per heavy atom. The van der Waals surface area contributed by atoms with Crippen molar-refractivity contribution in [2.75, 3.05) is 13.1 Å². The first-order valence-electron chi connectivity index (χ1n) is 9.74. The zero-order chi connectivity index (χ0) is 20.6. The van der Waals surface area contributed by atoms with Gasteiger partial charge in [0.05, 0.1) is 19.5 Å². The molecule has 0 bridgehead atoms. The standard InChI is InChI=1S/C22H23Cl2N3OSi/c1-29(2)13-11-26(12-14-29)22(28)20-15-21(16-3-5-17(23)6-4-16)27(25-20)19-9-7-18(24)8-10-19/h3-10,15H,11-14H2,1-2H3. The second kappa shape index (κ2) is 7.98. The van der Waals surface area contributed by atoms with Crippen molar-refractivity contribution >= 4 is 37.2 Å². The maximum Gasteiger partial charge on any atom is 0.274 e. The zero-order valence-corrected chi connectivity index (χ0v) is 19.0. The van der Waals surface area contributed by atoms with Gasteiger partial charge in [-0.3, -0.25) is 4.79 Å². The van der Waals surface area contributed by atoms with Crippen molar-refractivity contribution in [2.24, 2.45) is 0 Å². The summed E-state index contributed by atoms with van der Waals surface area (Å²) in [5, 5.41) is 6.01. The van der Waals surface area contributed by atoms with E-state index in [2.05, 4.69) is 18.2 Å². The van der Waals surface area contributed by atoms with E-state index in [1.807, 2.05) is 59.5 Å². The lowest BCUT2D eigenvalue weighted by Gasteiger charge is -2.35. The van der Waals surface area contributed by atoms with Gasteiger partial charge in [-0.25, -0.2) is 4.68 Å². The summed E-state index contributed by atoms with van der Waals surface area (Å²) in [4.78, 5) is 15.1. The van der Waals surface area contributed by atoms with Gasteiger partial charge in [0.15, 0.2) is 5.69 Å². The number of halogens is 2. The van der Waals surface area contributed by atoms with E-state index in [0.29, 0.717) is 15.7 Å². The van der Waals surface area contributed by atoms with Crippen molar-refractivity contribution in [3.8, 4) is 16.9 Å². The van der Waals surface area contributed by atoms with Gasteiger partial charge in [-0.15, -0.1) is 0 Å². The summed E-state index contributed by atoms with van der Waals surface area (Å²) in [6.45, 7) is 6.43. The summed E-state index contributed by atoms with van der Waals surface area (Å²) in [5.41, 5.74) is 3.11. The summed E-state index contributed by atoms with van der Waals surface area (Å²) in [5.74, 6) is -0.00238. The van der Waals surface area contributed by atoms with Gasteiger partial charge in [0.25, 0.3) is 5.91 Å². The van der Waals surface area contributed by atoms with Crippen LogP contribution in [0.25, 0.3) is 16.9 Å². The minimum Gasteiger partial charge on any atom is -0.338 e. The number of carbonyl (C=O) groups is 1. The molecule has 2 aromatic carbocycles. The second-order valence-electron chi connectivity index (χ2n) is 8.27. The van der Waals surface area contributed by atoms with Crippen LogP contribution < -0.4 is 0 Å². The number of benzene rings is 2. The molecule has 1 aliphatic rings. The van der Waals surface area contributed by atoms with Gasteiger partial charge in [-0.05, 0) is 54.6 Å². The van der Waals surface area contributed by atoms with Gasteiger partial charge in [0, 0.05) is 28.7 Å². The fourth-order valence-electron chi connectivity index (χ4n) is 3.57. The molecule has 1 aromatic heterocycles. The Labute approximate surface area is 182 Å². The highest BCUT2D eigenvalue weighted by Gasteiger charge is 2.31. The third-order valence-corrected chi connectivity index (χ3v) is 9.20. The Morgan fingerprint density at radius 1 is 0.931 bits per heavy atom. The van der Waals surface area contributed by atoms with Crippen LogP contribution in [0.4, 0.5) is 0 Å². The molecule has 1 fully saturated rings. The summed E-state index contributed by atoms with van der Waals surface area (Å²) < 4.78 is 1.80. The molecule has 1 aliphatic heterocycles. The molecule has 0 radical (unpaired) electrons. The lowest BCUT2D eigenvalue weighted by atomic mass is 10.1. The van der Waals surface area contributed by atoms with Crippen molar-refractivity contribution in [3.63, 3.8) is 0 Å². The molecule has 1 amide bonds. The van der Waals surface area contributed by atoms with E-state index in [1.54, 1.807) is 4.68 Å². The number of aromatic nitrogens is 2. The van der Waals surface area contributed by atoms with Crippen LogP contribution in [-0.4, -0.2) is 41.8 Å². The Balaban J connectivity index is 1.72.